The van der Waals surface area contributed by atoms with Crippen LogP contribution in [0.5, 0.6) is 0 Å². The van der Waals surface area contributed by atoms with Crippen molar-refractivity contribution in [1.82, 2.24) is 10.6 Å². The minimum absolute atomic E-state index is 0.263. The highest BCUT2D eigenvalue weighted by Crippen LogP contribution is 2.12. The molecule has 3 aromatic rings. The molecule has 0 aliphatic heterocycles. The summed E-state index contributed by atoms with van der Waals surface area (Å²) >= 11 is 1.76. The lowest BCUT2D eigenvalue weighted by Gasteiger charge is -2.12. The van der Waals surface area contributed by atoms with Gasteiger partial charge in [-0.2, -0.15) is 0 Å². The van der Waals surface area contributed by atoms with Crippen LogP contribution in [0.1, 0.15) is 21.0 Å². The number of hydrogen-bond acceptors (Lipinski definition) is 4. The van der Waals surface area contributed by atoms with Crippen LogP contribution in [0, 0.1) is 0 Å². The van der Waals surface area contributed by atoms with E-state index in [0.717, 1.165) is 30.2 Å². The zero-order chi connectivity index (χ0) is 18.9. The van der Waals surface area contributed by atoms with Gasteiger partial charge in [0, 0.05) is 30.7 Å². The van der Waals surface area contributed by atoms with E-state index < -0.39 is 0 Å². The van der Waals surface area contributed by atoms with E-state index in [4.69, 9.17) is 4.42 Å². The SMILES string of the molecule is CN=C(NCCc1cccs1)NCc1ccc(NC(=O)c2ccco2)cc1. The zero-order valence-electron chi connectivity index (χ0n) is 15.1. The second kappa shape index (κ2) is 9.59. The van der Waals surface area contributed by atoms with Crippen LogP contribution in [0.4, 0.5) is 5.69 Å². The van der Waals surface area contributed by atoms with Crippen LogP contribution < -0.4 is 16.0 Å². The fourth-order valence-electron chi connectivity index (χ4n) is 2.47. The third-order valence-electron chi connectivity index (χ3n) is 3.88. The van der Waals surface area contributed by atoms with Gasteiger partial charge in [0.15, 0.2) is 11.7 Å². The summed E-state index contributed by atoms with van der Waals surface area (Å²) in [7, 11) is 1.76. The first kappa shape index (κ1) is 18.7. The van der Waals surface area contributed by atoms with E-state index in [1.165, 1.54) is 11.1 Å². The van der Waals surface area contributed by atoms with Gasteiger partial charge in [0.25, 0.3) is 5.91 Å². The molecule has 7 heteroatoms. The summed E-state index contributed by atoms with van der Waals surface area (Å²) in [5.74, 6) is 0.793. The number of guanidine groups is 1. The lowest BCUT2D eigenvalue weighted by Crippen LogP contribution is -2.37. The van der Waals surface area contributed by atoms with Crippen LogP contribution in [0.2, 0.25) is 0 Å². The number of nitrogens with one attached hydrogen (secondary N) is 3. The Balaban J connectivity index is 1.43. The van der Waals surface area contributed by atoms with Crippen LogP contribution in [0.15, 0.2) is 69.6 Å². The molecule has 2 aromatic heterocycles. The summed E-state index contributed by atoms with van der Waals surface area (Å²) in [6.45, 7) is 1.48. The van der Waals surface area contributed by atoms with Crippen molar-refractivity contribution in [2.45, 2.75) is 13.0 Å². The average molecular weight is 382 g/mol. The topological polar surface area (TPSA) is 78.7 Å². The van der Waals surface area contributed by atoms with E-state index in [-0.39, 0.29) is 11.7 Å². The number of thiophene rings is 1. The Morgan fingerprint density at radius 1 is 1.11 bits per heavy atom. The first-order valence-corrected chi connectivity index (χ1v) is 9.53. The molecule has 140 valence electrons. The molecule has 0 saturated carbocycles. The van der Waals surface area contributed by atoms with E-state index in [1.54, 1.807) is 30.5 Å². The van der Waals surface area contributed by atoms with Crippen LogP contribution in [-0.4, -0.2) is 25.5 Å². The number of hydrogen-bond donors (Lipinski definition) is 3. The Kier molecular flexibility index (Phi) is 6.65. The van der Waals surface area contributed by atoms with Crippen molar-refractivity contribution in [3.63, 3.8) is 0 Å². The van der Waals surface area contributed by atoms with Gasteiger partial charge < -0.3 is 20.4 Å². The number of aliphatic imine (C=N–C) groups is 1. The van der Waals surface area contributed by atoms with Gasteiger partial charge in [-0.25, -0.2) is 0 Å². The lowest BCUT2D eigenvalue weighted by atomic mass is 10.2. The zero-order valence-corrected chi connectivity index (χ0v) is 15.9. The van der Waals surface area contributed by atoms with Gasteiger partial charge in [0.1, 0.15) is 0 Å². The van der Waals surface area contributed by atoms with E-state index >= 15 is 0 Å². The molecule has 0 atom stereocenters. The maximum absolute atomic E-state index is 12.0. The second-order valence-corrected chi connectivity index (χ2v) is 6.84. The summed E-state index contributed by atoms with van der Waals surface area (Å²) in [6.07, 6.45) is 2.45. The van der Waals surface area contributed by atoms with Crippen molar-refractivity contribution in [2.24, 2.45) is 4.99 Å². The molecule has 0 saturated heterocycles. The van der Waals surface area contributed by atoms with E-state index in [1.807, 2.05) is 24.3 Å². The van der Waals surface area contributed by atoms with E-state index in [2.05, 4.69) is 38.5 Å². The maximum atomic E-state index is 12.0. The summed E-state index contributed by atoms with van der Waals surface area (Å²) in [6, 6.07) is 15.2. The quantitative estimate of drug-likeness (QED) is 0.432. The number of carbonyl (C=O) groups excluding carboxylic acids is 1. The van der Waals surface area contributed by atoms with Gasteiger partial charge in [0.2, 0.25) is 0 Å². The summed E-state index contributed by atoms with van der Waals surface area (Å²) in [4.78, 5) is 17.5. The highest BCUT2D eigenvalue weighted by atomic mass is 32.1. The monoisotopic (exact) mass is 382 g/mol. The molecule has 3 N–H and O–H groups in total. The first-order valence-electron chi connectivity index (χ1n) is 8.65. The number of nitrogens with zero attached hydrogens (tertiary/aromatic N) is 1. The van der Waals surface area contributed by atoms with Crippen LogP contribution in [0.25, 0.3) is 0 Å². The summed E-state index contributed by atoms with van der Waals surface area (Å²) in [5, 5.41) is 11.5. The molecule has 1 amide bonds. The molecule has 0 aliphatic rings. The van der Waals surface area contributed by atoms with Gasteiger partial charge in [-0.15, -0.1) is 11.3 Å². The van der Waals surface area contributed by atoms with Gasteiger partial charge in [0.05, 0.1) is 6.26 Å². The van der Waals surface area contributed by atoms with Crippen molar-refractivity contribution in [3.8, 4) is 0 Å². The molecular formula is C20H22N4O2S. The number of carbonyl (C=O) groups is 1. The fourth-order valence-corrected chi connectivity index (χ4v) is 3.18. The number of benzene rings is 1. The van der Waals surface area contributed by atoms with Crippen molar-refractivity contribution in [2.75, 3.05) is 18.9 Å². The number of furan rings is 1. The molecule has 0 aliphatic carbocycles. The van der Waals surface area contributed by atoms with E-state index in [9.17, 15) is 4.79 Å². The number of amides is 1. The summed E-state index contributed by atoms with van der Waals surface area (Å²) in [5.41, 5.74) is 1.81. The molecule has 0 spiro atoms. The van der Waals surface area contributed by atoms with Crippen molar-refractivity contribution < 1.29 is 9.21 Å². The molecule has 1 aromatic carbocycles. The van der Waals surface area contributed by atoms with Crippen molar-refractivity contribution in [1.29, 1.82) is 0 Å². The largest absolute Gasteiger partial charge is 0.459 e. The highest BCUT2D eigenvalue weighted by molar-refractivity contribution is 7.09. The standard InChI is InChI=1S/C20H22N4O2S/c1-21-20(22-11-10-17-4-3-13-27-17)23-14-15-6-8-16(9-7-15)24-19(25)18-5-2-12-26-18/h2-9,12-13H,10-11,14H2,1H3,(H,24,25)(H2,21,22,23). The predicted molar refractivity (Wildman–Crippen MR) is 109 cm³/mol. The molecule has 6 nitrogen and oxygen atoms in total. The lowest BCUT2D eigenvalue weighted by molar-refractivity contribution is 0.0996. The minimum atomic E-state index is -0.263. The molecule has 27 heavy (non-hydrogen) atoms. The van der Waals surface area contributed by atoms with Gasteiger partial charge in [-0.3, -0.25) is 9.79 Å². The van der Waals surface area contributed by atoms with Crippen molar-refractivity contribution in [3.05, 3.63) is 76.4 Å². The number of anilines is 1. The molecule has 0 fully saturated rings. The van der Waals surface area contributed by atoms with E-state index in [0.29, 0.717) is 6.54 Å². The third kappa shape index (κ3) is 5.72. The van der Waals surface area contributed by atoms with Crippen LogP contribution >= 0.6 is 11.3 Å². The highest BCUT2D eigenvalue weighted by Gasteiger charge is 2.08. The maximum Gasteiger partial charge on any atom is 0.291 e. The molecular weight excluding hydrogens is 360 g/mol. The summed E-state index contributed by atoms with van der Waals surface area (Å²) < 4.78 is 5.08. The Bertz CT molecular complexity index is 856. The molecule has 0 radical (unpaired) electrons. The van der Waals surface area contributed by atoms with Crippen molar-refractivity contribution >= 4 is 28.9 Å². The van der Waals surface area contributed by atoms with Crippen LogP contribution in [0.3, 0.4) is 0 Å². The fraction of sp³-hybridized carbons (Fsp3) is 0.200. The Labute approximate surface area is 162 Å². The molecule has 0 unspecified atom stereocenters. The second-order valence-electron chi connectivity index (χ2n) is 5.81. The Hall–Kier alpha value is -3.06. The molecule has 3 rings (SSSR count). The Morgan fingerprint density at radius 3 is 2.63 bits per heavy atom. The normalized spacial score (nSPS) is 11.2. The molecule has 2 heterocycles. The number of rotatable bonds is 7. The Morgan fingerprint density at radius 2 is 1.96 bits per heavy atom. The first-order chi connectivity index (χ1) is 13.2. The van der Waals surface area contributed by atoms with Gasteiger partial charge in [-0.1, -0.05) is 18.2 Å². The minimum Gasteiger partial charge on any atom is -0.459 e. The third-order valence-corrected chi connectivity index (χ3v) is 4.82. The van der Waals surface area contributed by atoms with Crippen LogP contribution in [-0.2, 0) is 13.0 Å². The predicted octanol–water partition coefficient (Wildman–Crippen LogP) is 3.50. The smallest absolute Gasteiger partial charge is 0.291 e. The molecule has 0 bridgehead atoms. The van der Waals surface area contributed by atoms with Gasteiger partial charge >= 0.3 is 0 Å². The average Bonchev–Trinajstić information content (AvgIpc) is 3.39. The van der Waals surface area contributed by atoms with Gasteiger partial charge in [-0.05, 0) is 47.7 Å².